The van der Waals surface area contributed by atoms with Crippen molar-refractivity contribution in [3.05, 3.63) is 89.8 Å². The molecule has 1 unspecified atom stereocenters. The molecule has 0 spiro atoms. The van der Waals surface area contributed by atoms with Crippen molar-refractivity contribution in [2.45, 2.75) is 39.2 Å². The monoisotopic (exact) mass is 547 g/mol. The van der Waals surface area contributed by atoms with Crippen LogP contribution in [0.5, 0.6) is 5.75 Å². The van der Waals surface area contributed by atoms with Crippen LogP contribution in [0.3, 0.4) is 0 Å². The Balaban J connectivity index is 1.27. The molecular formula is C31H29N7O3. The molecule has 2 aliphatic rings. The van der Waals surface area contributed by atoms with Gasteiger partial charge in [0, 0.05) is 28.5 Å². The fraction of sp³-hybridized carbons (Fsp3) is 0.194. The molecule has 1 aromatic heterocycles. The average Bonchev–Trinajstić information content (AvgIpc) is 3.54. The lowest BCUT2D eigenvalue weighted by molar-refractivity contribution is 0.249. The van der Waals surface area contributed by atoms with Gasteiger partial charge < -0.3 is 15.4 Å². The van der Waals surface area contributed by atoms with Crippen molar-refractivity contribution < 1.29 is 14.3 Å². The zero-order valence-corrected chi connectivity index (χ0v) is 23.1. The number of hydrogen-bond acceptors (Lipinski definition) is 5. The van der Waals surface area contributed by atoms with Crippen LogP contribution in [0.25, 0.3) is 16.5 Å². The summed E-state index contributed by atoms with van der Waals surface area (Å²) >= 11 is 0. The number of ether oxygens (including phenoxy) is 1. The lowest BCUT2D eigenvalue weighted by Crippen LogP contribution is -2.36. The molecule has 41 heavy (non-hydrogen) atoms. The number of rotatable bonds is 5. The van der Waals surface area contributed by atoms with Gasteiger partial charge in [0.15, 0.2) is 5.84 Å². The van der Waals surface area contributed by atoms with E-state index in [-0.39, 0.29) is 5.41 Å². The van der Waals surface area contributed by atoms with Gasteiger partial charge in [0.05, 0.1) is 17.1 Å². The maximum absolute atomic E-state index is 13.3. The average molecular weight is 548 g/mol. The van der Waals surface area contributed by atoms with Crippen LogP contribution in [0.1, 0.15) is 32.0 Å². The summed E-state index contributed by atoms with van der Waals surface area (Å²) < 4.78 is 7.97. The maximum atomic E-state index is 13.3. The Morgan fingerprint density at radius 3 is 2.51 bits per heavy atom. The zero-order chi connectivity index (χ0) is 28.7. The molecule has 6 rings (SSSR count). The van der Waals surface area contributed by atoms with Crippen LogP contribution in [-0.4, -0.2) is 39.9 Å². The van der Waals surface area contributed by atoms with Crippen molar-refractivity contribution in [3.8, 4) is 11.4 Å². The van der Waals surface area contributed by atoms with Gasteiger partial charge in [-0.2, -0.15) is 10.1 Å². The number of aliphatic imine (C=N–C) groups is 2. The first kappa shape index (κ1) is 26.0. The van der Waals surface area contributed by atoms with Crippen LogP contribution in [-0.2, 0) is 5.41 Å². The third-order valence-corrected chi connectivity index (χ3v) is 6.83. The van der Waals surface area contributed by atoms with E-state index in [4.69, 9.17) is 9.84 Å². The van der Waals surface area contributed by atoms with Gasteiger partial charge in [-0.05, 0) is 37.3 Å². The van der Waals surface area contributed by atoms with E-state index in [1.165, 1.54) is 0 Å². The van der Waals surface area contributed by atoms with Crippen molar-refractivity contribution in [3.63, 3.8) is 0 Å². The molecule has 0 bridgehead atoms. The molecule has 0 saturated carbocycles. The van der Waals surface area contributed by atoms with E-state index >= 15 is 0 Å². The van der Waals surface area contributed by atoms with E-state index in [0.29, 0.717) is 28.8 Å². The molecule has 0 fully saturated rings. The van der Waals surface area contributed by atoms with Crippen molar-refractivity contribution in [2.75, 3.05) is 10.6 Å². The van der Waals surface area contributed by atoms with Crippen LogP contribution >= 0.6 is 0 Å². The quantitative estimate of drug-likeness (QED) is 0.279. The lowest BCUT2D eigenvalue weighted by atomic mass is 9.92. The number of allylic oxidation sites excluding steroid dienone is 1. The summed E-state index contributed by atoms with van der Waals surface area (Å²) in [6.07, 6.45) is 3.26. The number of amidine groups is 1. The van der Waals surface area contributed by atoms with E-state index < -0.39 is 18.1 Å². The minimum Gasteiger partial charge on any atom is -0.458 e. The molecular weight excluding hydrogens is 518 g/mol. The van der Waals surface area contributed by atoms with Gasteiger partial charge in [0.2, 0.25) is 0 Å². The molecule has 206 valence electrons. The summed E-state index contributed by atoms with van der Waals surface area (Å²) in [5.74, 6) is 2.00. The first-order chi connectivity index (χ1) is 19.7. The highest BCUT2D eigenvalue weighted by molar-refractivity contribution is 6.11. The number of carbonyl (C=O) groups excluding carboxylic acids is 2. The maximum Gasteiger partial charge on any atom is 0.343 e. The van der Waals surface area contributed by atoms with Crippen LogP contribution in [0, 0.1) is 6.92 Å². The standard InChI is InChI=1S/C31H29N7O3/c1-18-9-11-19(12-10-18)38-26(17-25(37-38)31(2,3)4)34-29(39)33-22-13-14-23(21-8-6-5-7-20(21)22)41-24-15-16-32-28-27(24)35-30(40)36-28/h5-17,27H,1-4H3,(H,35,40)(H2,33,34,39). The van der Waals surface area contributed by atoms with Crippen molar-refractivity contribution >= 4 is 46.4 Å². The first-order valence-electron chi connectivity index (χ1n) is 13.2. The number of carbonyl (C=O) groups is 2. The third-order valence-electron chi connectivity index (χ3n) is 6.83. The third kappa shape index (κ3) is 5.19. The van der Waals surface area contributed by atoms with E-state index in [9.17, 15) is 9.59 Å². The van der Waals surface area contributed by atoms with E-state index in [1.807, 2.05) is 61.5 Å². The van der Waals surface area contributed by atoms with Gasteiger partial charge in [0.25, 0.3) is 0 Å². The SMILES string of the molecule is Cc1ccc(-n2nc(C(C)(C)C)cc2NC(=O)Nc2ccc(OC3=CC=NC4=NC(=O)NC34)c3ccccc23)cc1. The van der Waals surface area contributed by atoms with Gasteiger partial charge in [-0.1, -0.05) is 62.7 Å². The fourth-order valence-corrected chi connectivity index (χ4v) is 4.65. The number of aryl methyl sites for hydroxylation is 1. The Morgan fingerprint density at radius 1 is 1.00 bits per heavy atom. The Labute approximate surface area is 236 Å². The Kier molecular flexibility index (Phi) is 6.37. The van der Waals surface area contributed by atoms with Crippen molar-refractivity contribution in [1.29, 1.82) is 0 Å². The predicted octanol–water partition coefficient (Wildman–Crippen LogP) is 6.11. The highest BCUT2D eigenvalue weighted by Crippen LogP contribution is 2.34. The molecule has 1 atom stereocenters. The second-order valence-electron chi connectivity index (χ2n) is 10.9. The number of anilines is 2. The topological polar surface area (TPSA) is 122 Å². The minimum absolute atomic E-state index is 0.206. The molecule has 10 heteroatoms. The van der Waals surface area contributed by atoms with E-state index in [2.05, 4.69) is 46.7 Å². The first-order valence-corrected chi connectivity index (χ1v) is 13.2. The highest BCUT2D eigenvalue weighted by Gasteiger charge is 2.32. The van der Waals surface area contributed by atoms with Gasteiger partial charge >= 0.3 is 12.1 Å². The molecule has 0 aliphatic carbocycles. The number of urea groups is 2. The summed E-state index contributed by atoms with van der Waals surface area (Å²) in [6, 6.07) is 19.7. The van der Waals surface area contributed by atoms with Gasteiger partial charge in [-0.3, -0.25) is 5.32 Å². The second kappa shape index (κ2) is 10.1. The van der Waals surface area contributed by atoms with E-state index in [1.54, 1.807) is 29.1 Å². The van der Waals surface area contributed by atoms with E-state index in [0.717, 1.165) is 27.7 Å². The van der Waals surface area contributed by atoms with Crippen LogP contribution < -0.4 is 20.7 Å². The number of fused-ring (bicyclic) bond motifs is 2. The van der Waals surface area contributed by atoms with Crippen LogP contribution in [0.2, 0.25) is 0 Å². The summed E-state index contributed by atoms with van der Waals surface area (Å²) in [5.41, 5.74) is 3.25. The molecule has 3 aromatic carbocycles. The fourth-order valence-electron chi connectivity index (χ4n) is 4.65. The summed E-state index contributed by atoms with van der Waals surface area (Å²) in [6.45, 7) is 8.27. The highest BCUT2D eigenvalue weighted by atomic mass is 16.5. The van der Waals surface area contributed by atoms with Gasteiger partial charge in [-0.15, -0.1) is 0 Å². The molecule has 4 amide bonds. The molecule has 10 nitrogen and oxygen atoms in total. The van der Waals surface area contributed by atoms with Crippen molar-refractivity contribution in [1.82, 2.24) is 15.1 Å². The number of nitrogens with one attached hydrogen (secondary N) is 3. The zero-order valence-electron chi connectivity index (χ0n) is 23.1. The largest absolute Gasteiger partial charge is 0.458 e. The summed E-state index contributed by atoms with van der Waals surface area (Å²) in [5, 5.41) is 15.1. The smallest absolute Gasteiger partial charge is 0.343 e. The molecule has 0 radical (unpaired) electrons. The molecule has 2 aliphatic heterocycles. The number of hydrogen-bond donors (Lipinski definition) is 3. The Hall–Kier alpha value is -5.25. The molecule has 0 saturated heterocycles. The van der Waals surface area contributed by atoms with Crippen LogP contribution in [0.15, 0.2) is 88.6 Å². The number of nitrogens with zero attached hydrogens (tertiary/aromatic N) is 4. The van der Waals surface area contributed by atoms with Gasteiger partial charge in [-0.25, -0.2) is 19.3 Å². The number of benzene rings is 3. The minimum atomic E-state index is -0.536. The Morgan fingerprint density at radius 2 is 1.76 bits per heavy atom. The number of dihydropyridines is 1. The van der Waals surface area contributed by atoms with Gasteiger partial charge in [0.1, 0.15) is 23.4 Å². The van der Waals surface area contributed by atoms with Crippen LogP contribution in [0.4, 0.5) is 21.1 Å². The normalized spacial score (nSPS) is 16.1. The predicted molar refractivity (Wildman–Crippen MR) is 161 cm³/mol. The molecule has 3 N–H and O–H groups in total. The molecule has 3 heterocycles. The number of aromatic nitrogens is 2. The second-order valence-corrected chi connectivity index (χ2v) is 10.9. The lowest BCUT2D eigenvalue weighted by Gasteiger charge is -2.20. The van der Waals surface area contributed by atoms with Crippen molar-refractivity contribution in [2.24, 2.45) is 9.98 Å². The number of amides is 4. The summed E-state index contributed by atoms with van der Waals surface area (Å²) in [4.78, 5) is 33.1. The molecule has 4 aromatic rings. The Bertz CT molecular complexity index is 1780. The summed E-state index contributed by atoms with van der Waals surface area (Å²) in [7, 11) is 0.